The van der Waals surface area contributed by atoms with Crippen molar-refractivity contribution in [2.75, 3.05) is 0 Å². The van der Waals surface area contributed by atoms with Crippen molar-refractivity contribution in [2.24, 2.45) is 0 Å². The summed E-state index contributed by atoms with van der Waals surface area (Å²) in [6, 6.07) is 18.5. The van der Waals surface area contributed by atoms with Crippen molar-refractivity contribution in [2.45, 2.75) is 26.2 Å². The molecule has 4 rings (SSSR count). The first-order valence-corrected chi connectivity index (χ1v) is 8.88. The first-order chi connectivity index (χ1) is 10.7. The summed E-state index contributed by atoms with van der Waals surface area (Å²) in [5, 5.41) is 0. The molecule has 22 heavy (non-hydrogen) atoms. The molecule has 1 heteroatoms. The maximum Gasteiger partial charge on any atom is 0.00806 e. The van der Waals surface area contributed by atoms with Crippen LogP contribution in [0.4, 0.5) is 0 Å². The van der Waals surface area contributed by atoms with Crippen LogP contribution in [0.3, 0.4) is 0 Å². The average molecular weight is 363 g/mol. The molecule has 0 N–H and O–H groups in total. The van der Waals surface area contributed by atoms with Gasteiger partial charge in [0.15, 0.2) is 0 Å². The van der Waals surface area contributed by atoms with Crippen LogP contribution in [0.25, 0.3) is 11.1 Å². The Morgan fingerprint density at radius 1 is 1.09 bits per heavy atom. The summed E-state index contributed by atoms with van der Waals surface area (Å²) in [4.78, 5) is 0. The van der Waals surface area contributed by atoms with Gasteiger partial charge >= 0.3 is 41.3 Å². The van der Waals surface area contributed by atoms with Gasteiger partial charge in [-0.1, -0.05) is 53.6 Å². The number of rotatable bonds is 1. The van der Waals surface area contributed by atoms with Gasteiger partial charge in [-0.2, -0.15) is 24.3 Å². The first-order valence-electron chi connectivity index (χ1n) is 7.65. The molecule has 0 radical (unpaired) electrons. The number of fused-ring (bicyclic) bond motifs is 3. The molecule has 0 amide bonds. The van der Waals surface area contributed by atoms with Crippen LogP contribution in [0.2, 0.25) is 0 Å². The van der Waals surface area contributed by atoms with Gasteiger partial charge in [-0.25, -0.2) is 0 Å². The van der Waals surface area contributed by atoms with Gasteiger partial charge < -0.3 is 0 Å². The second-order valence-corrected chi connectivity index (χ2v) is 8.35. The molecule has 0 saturated heterocycles. The molecule has 2 aromatic rings. The fraction of sp³-hybridized carbons (Fsp3) is 0.190. The molecule has 0 bridgehead atoms. The Balaban J connectivity index is 0.000000325. The topological polar surface area (TPSA) is 0 Å². The summed E-state index contributed by atoms with van der Waals surface area (Å²) in [6.45, 7) is 4.25. The van der Waals surface area contributed by atoms with Crippen molar-refractivity contribution in [3.05, 3.63) is 83.5 Å². The Bertz CT molecular complexity index is 715. The summed E-state index contributed by atoms with van der Waals surface area (Å²) in [5.74, 6) is 0.410. The Kier molecular flexibility index (Phi) is 4.84. The van der Waals surface area contributed by atoms with Crippen molar-refractivity contribution < 1.29 is 24.2 Å². The van der Waals surface area contributed by atoms with Gasteiger partial charge in [-0.3, -0.25) is 0 Å². The van der Waals surface area contributed by atoms with E-state index >= 15 is 0 Å². The molecular formula is C21H19Zr-. The summed E-state index contributed by atoms with van der Waals surface area (Å²) >= 11 is 1.55. The van der Waals surface area contributed by atoms with E-state index in [2.05, 4.69) is 74.5 Å². The van der Waals surface area contributed by atoms with E-state index in [1.54, 1.807) is 24.2 Å². The minimum atomic E-state index is 0.410. The van der Waals surface area contributed by atoms with Gasteiger partial charge in [0.2, 0.25) is 0 Å². The molecule has 2 aromatic carbocycles. The first kappa shape index (κ1) is 15.6. The van der Waals surface area contributed by atoms with Crippen LogP contribution in [0, 0.1) is 6.07 Å². The Labute approximate surface area is 147 Å². The SMILES string of the molecule is C[C](C)=[Zr].[c-]1cccc2c1C(C1=CC=CC1)c1ccccc1-2. The molecule has 0 spiro atoms. The number of hydrogen-bond acceptors (Lipinski definition) is 0. The van der Waals surface area contributed by atoms with Crippen LogP contribution < -0.4 is 0 Å². The molecule has 1 unspecified atom stereocenters. The molecule has 0 aliphatic heterocycles. The van der Waals surface area contributed by atoms with Crippen molar-refractivity contribution in [1.29, 1.82) is 0 Å². The van der Waals surface area contributed by atoms with Crippen LogP contribution in [0.1, 0.15) is 37.3 Å². The van der Waals surface area contributed by atoms with E-state index in [0.29, 0.717) is 5.92 Å². The maximum absolute atomic E-state index is 3.45. The second kappa shape index (κ2) is 6.84. The molecule has 0 fully saturated rings. The standard InChI is InChI=1S/C18H13.C3H6.Zr/c1-2-8-13(7-1)18-16-11-5-3-9-14(16)15-10-4-6-12-17(15)18;1-3-2;/h1-7,9-11,18H,8H2;1-2H3;/q-1;;. The molecule has 0 nitrogen and oxygen atoms in total. The van der Waals surface area contributed by atoms with E-state index < -0.39 is 0 Å². The maximum atomic E-state index is 3.45. The molecule has 0 heterocycles. The van der Waals surface area contributed by atoms with E-state index in [-0.39, 0.29) is 0 Å². The predicted octanol–water partition coefficient (Wildman–Crippen LogP) is 5.23. The zero-order valence-corrected chi connectivity index (χ0v) is 15.5. The molecular weight excluding hydrogens is 343 g/mol. The van der Waals surface area contributed by atoms with Crippen LogP contribution in [0.15, 0.2) is 66.3 Å². The third-order valence-corrected chi connectivity index (χ3v) is 3.91. The smallest absolute Gasteiger partial charge is 0.00806 e. The monoisotopic (exact) mass is 361 g/mol. The van der Waals surface area contributed by atoms with Crippen LogP contribution in [-0.2, 0) is 24.2 Å². The molecule has 1 atom stereocenters. The van der Waals surface area contributed by atoms with E-state index in [1.807, 2.05) is 6.07 Å². The Hall–Kier alpha value is -1.33. The van der Waals surface area contributed by atoms with Gasteiger partial charge in [0, 0.05) is 5.92 Å². The molecule has 108 valence electrons. The van der Waals surface area contributed by atoms with Gasteiger partial charge in [-0.05, 0) is 12.0 Å². The quantitative estimate of drug-likeness (QED) is 0.609. The average Bonchev–Trinajstić information content (AvgIpc) is 3.11. The Morgan fingerprint density at radius 3 is 2.55 bits per heavy atom. The summed E-state index contributed by atoms with van der Waals surface area (Å²) < 4.78 is 1.51. The minimum absolute atomic E-state index is 0.410. The van der Waals surface area contributed by atoms with Gasteiger partial charge in [-0.15, -0.1) is 11.1 Å². The second-order valence-electron chi connectivity index (χ2n) is 5.89. The number of allylic oxidation sites excluding steroid dienone is 4. The Morgan fingerprint density at radius 2 is 1.82 bits per heavy atom. The zero-order valence-electron chi connectivity index (χ0n) is 13.1. The molecule has 2 aliphatic carbocycles. The van der Waals surface area contributed by atoms with Crippen LogP contribution in [-0.4, -0.2) is 3.21 Å². The third-order valence-electron chi connectivity index (χ3n) is 3.91. The number of hydrogen-bond donors (Lipinski definition) is 0. The normalized spacial score (nSPS) is 17.1. The fourth-order valence-corrected chi connectivity index (χ4v) is 3.14. The van der Waals surface area contributed by atoms with Crippen LogP contribution in [0.5, 0.6) is 0 Å². The summed E-state index contributed by atoms with van der Waals surface area (Å²) in [7, 11) is 0. The minimum Gasteiger partial charge on any atom is -0.179 e. The van der Waals surface area contributed by atoms with E-state index in [0.717, 1.165) is 6.42 Å². The van der Waals surface area contributed by atoms with E-state index in [1.165, 1.54) is 31.0 Å². The largest absolute Gasteiger partial charge is 0.179 e. The molecule has 0 aromatic heterocycles. The molecule has 2 aliphatic rings. The van der Waals surface area contributed by atoms with Crippen molar-refractivity contribution in [1.82, 2.24) is 0 Å². The summed E-state index contributed by atoms with van der Waals surface area (Å²) in [6.07, 6.45) is 7.73. The number of benzene rings is 2. The van der Waals surface area contributed by atoms with Crippen molar-refractivity contribution in [3.63, 3.8) is 0 Å². The van der Waals surface area contributed by atoms with Crippen molar-refractivity contribution >= 4 is 3.21 Å². The van der Waals surface area contributed by atoms with Gasteiger partial charge in [0.05, 0.1) is 0 Å². The molecule has 0 saturated carbocycles. The van der Waals surface area contributed by atoms with Crippen LogP contribution >= 0.6 is 0 Å². The fourth-order valence-electron chi connectivity index (χ4n) is 3.14. The van der Waals surface area contributed by atoms with Gasteiger partial charge in [0.1, 0.15) is 0 Å². The van der Waals surface area contributed by atoms with E-state index in [4.69, 9.17) is 0 Å². The summed E-state index contributed by atoms with van der Waals surface area (Å²) in [5.41, 5.74) is 7.00. The van der Waals surface area contributed by atoms with Crippen molar-refractivity contribution in [3.8, 4) is 11.1 Å². The predicted molar refractivity (Wildman–Crippen MR) is 90.8 cm³/mol. The van der Waals surface area contributed by atoms with E-state index in [9.17, 15) is 0 Å². The van der Waals surface area contributed by atoms with Gasteiger partial charge in [0.25, 0.3) is 0 Å². The third kappa shape index (κ3) is 3.06. The zero-order chi connectivity index (χ0) is 15.5.